The standard InChI is InChI=1S/C11H15F2N5.ClH/c1-8-5-16-17(2)10(8)7-14-6-9-3-4-15-18(9)11(12)13;/h3-5,11,14H,6-7H2,1-2H3;1H. The summed E-state index contributed by atoms with van der Waals surface area (Å²) in [7, 11) is 1.85. The van der Waals surface area contributed by atoms with Crippen LogP contribution in [0.15, 0.2) is 18.5 Å². The zero-order valence-corrected chi connectivity index (χ0v) is 11.5. The number of rotatable bonds is 5. The molecule has 5 nitrogen and oxygen atoms in total. The third kappa shape index (κ3) is 3.51. The first-order valence-electron chi connectivity index (χ1n) is 5.58. The van der Waals surface area contributed by atoms with E-state index in [1.165, 1.54) is 6.20 Å². The zero-order valence-electron chi connectivity index (χ0n) is 10.7. The molecule has 19 heavy (non-hydrogen) atoms. The van der Waals surface area contributed by atoms with Gasteiger partial charge in [0.05, 0.1) is 17.6 Å². The Morgan fingerprint density at radius 3 is 2.63 bits per heavy atom. The number of hydrogen-bond donors (Lipinski definition) is 1. The maximum Gasteiger partial charge on any atom is 0.333 e. The average molecular weight is 292 g/mol. The Hall–Kier alpha value is -1.47. The molecule has 0 amide bonds. The van der Waals surface area contributed by atoms with Crippen molar-refractivity contribution < 1.29 is 8.78 Å². The van der Waals surface area contributed by atoms with Gasteiger partial charge in [-0.1, -0.05) is 0 Å². The van der Waals surface area contributed by atoms with Gasteiger partial charge in [-0.2, -0.15) is 19.0 Å². The van der Waals surface area contributed by atoms with E-state index in [1.807, 2.05) is 14.0 Å². The zero-order chi connectivity index (χ0) is 13.1. The van der Waals surface area contributed by atoms with Gasteiger partial charge in [0.2, 0.25) is 0 Å². The molecule has 0 aromatic carbocycles. The lowest BCUT2D eigenvalue weighted by molar-refractivity contribution is 0.0531. The summed E-state index contributed by atoms with van der Waals surface area (Å²) in [5.41, 5.74) is 2.58. The molecular formula is C11H16ClF2N5. The van der Waals surface area contributed by atoms with Crippen LogP contribution in [-0.4, -0.2) is 19.6 Å². The smallest absolute Gasteiger partial charge is 0.306 e. The largest absolute Gasteiger partial charge is 0.333 e. The van der Waals surface area contributed by atoms with Crippen molar-refractivity contribution in [2.75, 3.05) is 0 Å². The Labute approximate surface area is 116 Å². The van der Waals surface area contributed by atoms with Gasteiger partial charge < -0.3 is 5.32 Å². The van der Waals surface area contributed by atoms with Gasteiger partial charge in [0.15, 0.2) is 0 Å². The molecule has 0 bridgehead atoms. The first-order valence-corrected chi connectivity index (χ1v) is 5.58. The molecule has 106 valence electrons. The van der Waals surface area contributed by atoms with Crippen LogP contribution in [0.5, 0.6) is 0 Å². The van der Waals surface area contributed by atoms with Crippen molar-refractivity contribution in [1.82, 2.24) is 24.9 Å². The molecule has 2 aromatic rings. The summed E-state index contributed by atoms with van der Waals surface area (Å²) in [6.45, 7) is 0.286. The van der Waals surface area contributed by atoms with Gasteiger partial charge in [0.25, 0.3) is 0 Å². The van der Waals surface area contributed by atoms with Crippen molar-refractivity contribution >= 4 is 12.4 Å². The Kier molecular flexibility index (Phi) is 5.44. The molecule has 0 unspecified atom stereocenters. The fourth-order valence-electron chi connectivity index (χ4n) is 1.79. The van der Waals surface area contributed by atoms with E-state index in [1.54, 1.807) is 16.9 Å². The van der Waals surface area contributed by atoms with Crippen LogP contribution >= 0.6 is 12.4 Å². The molecule has 0 saturated heterocycles. The molecular weight excluding hydrogens is 276 g/mol. The number of halogens is 3. The SMILES string of the molecule is Cc1cnn(C)c1CNCc1ccnn1C(F)F.Cl. The number of aromatic nitrogens is 4. The number of aryl methyl sites for hydroxylation is 2. The second kappa shape index (κ2) is 6.63. The van der Waals surface area contributed by atoms with E-state index < -0.39 is 6.55 Å². The van der Waals surface area contributed by atoms with Crippen LogP contribution in [0.2, 0.25) is 0 Å². The second-order valence-corrected chi connectivity index (χ2v) is 4.05. The Morgan fingerprint density at radius 1 is 1.32 bits per heavy atom. The van der Waals surface area contributed by atoms with Crippen molar-refractivity contribution in [3.63, 3.8) is 0 Å². The van der Waals surface area contributed by atoms with Gasteiger partial charge in [-0.25, -0.2) is 4.68 Å². The van der Waals surface area contributed by atoms with Gasteiger partial charge in [-0.05, 0) is 18.6 Å². The Bertz CT molecular complexity index is 503. The van der Waals surface area contributed by atoms with Crippen LogP contribution in [0.4, 0.5) is 8.78 Å². The molecule has 8 heteroatoms. The minimum absolute atomic E-state index is 0. The van der Waals surface area contributed by atoms with Crippen LogP contribution in [0, 0.1) is 6.92 Å². The normalized spacial score (nSPS) is 10.8. The molecule has 0 radical (unpaired) electrons. The molecule has 0 aliphatic carbocycles. The van der Waals surface area contributed by atoms with E-state index in [2.05, 4.69) is 15.5 Å². The lowest BCUT2D eigenvalue weighted by atomic mass is 10.2. The van der Waals surface area contributed by atoms with Crippen molar-refractivity contribution in [2.45, 2.75) is 26.6 Å². The first-order chi connectivity index (χ1) is 8.59. The summed E-state index contributed by atoms with van der Waals surface area (Å²) in [4.78, 5) is 0. The van der Waals surface area contributed by atoms with E-state index in [0.717, 1.165) is 11.3 Å². The number of nitrogens with one attached hydrogen (secondary N) is 1. The minimum atomic E-state index is -2.60. The fraction of sp³-hybridized carbons (Fsp3) is 0.455. The molecule has 0 aliphatic heterocycles. The molecule has 1 N–H and O–H groups in total. The van der Waals surface area contributed by atoms with Crippen LogP contribution < -0.4 is 5.32 Å². The summed E-state index contributed by atoms with van der Waals surface area (Å²) in [5, 5.41) is 10.8. The van der Waals surface area contributed by atoms with Crippen molar-refractivity contribution in [3.05, 3.63) is 35.4 Å². The minimum Gasteiger partial charge on any atom is -0.306 e. The van der Waals surface area contributed by atoms with E-state index in [0.29, 0.717) is 23.5 Å². The highest BCUT2D eigenvalue weighted by Gasteiger charge is 2.11. The Balaban J connectivity index is 0.00000180. The predicted octanol–water partition coefficient (Wildman–Crippen LogP) is 2.03. The highest BCUT2D eigenvalue weighted by Crippen LogP contribution is 2.12. The van der Waals surface area contributed by atoms with Gasteiger partial charge in [-0.3, -0.25) is 4.68 Å². The van der Waals surface area contributed by atoms with Gasteiger partial charge in [0, 0.05) is 26.3 Å². The lowest BCUT2D eigenvalue weighted by Crippen LogP contribution is -2.19. The maximum atomic E-state index is 12.5. The van der Waals surface area contributed by atoms with Crippen LogP contribution in [0.1, 0.15) is 23.5 Å². The third-order valence-corrected chi connectivity index (χ3v) is 2.81. The molecule has 0 atom stereocenters. The topological polar surface area (TPSA) is 47.7 Å². The number of hydrogen-bond acceptors (Lipinski definition) is 3. The van der Waals surface area contributed by atoms with Gasteiger partial charge in [0.1, 0.15) is 0 Å². The average Bonchev–Trinajstić information content (AvgIpc) is 2.90. The quantitative estimate of drug-likeness (QED) is 0.917. The van der Waals surface area contributed by atoms with Crippen molar-refractivity contribution in [1.29, 1.82) is 0 Å². The van der Waals surface area contributed by atoms with Gasteiger partial charge in [-0.15, -0.1) is 12.4 Å². The first kappa shape index (κ1) is 15.6. The van der Waals surface area contributed by atoms with E-state index >= 15 is 0 Å². The fourth-order valence-corrected chi connectivity index (χ4v) is 1.79. The third-order valence-electron chi connectivity index (χ3n) is 2.81. The van der Waals surface area contributed by atoms with E-state index in [9.17, 15) is 8.78 Å². The van der Waals surface area contributed by atoms with Crippen LogP contribution in [0.3, 0.4) is 0 Å². The maximum absolute atomic E-state index is 12.5. The number of alkyl halides is 2. The summed E-state index contributed by atoms with van der Waals surface area (Å²) in [6.07, 6.45) is 3.15. The summed E-state index contributed by atoms with van der Waals surface area (Å²) >= 11 is 0. The Morgan fingerprint density at radius 2 is 2.05 bits per heavy atom. The molecule has 0 aliphatic rings. The van der Waals surface area contributed by atoms with Crippen LogP contribution in [0.25, 0.3) is 0 Å². The summed E-state index contributed by atoms with van der Waals surface area (Å²) in [6, 6.07) is 1.58. The molecule has 0 saturated carbocycles. The van der Waals surface area contributed by atoms with E-state index in [4.69, 9.17) is 0 Å². The highest BCUT2D eigenvalue weighted by atomic mass is 35.5. The monoisotopic (exact) mass is 291 g/mol. The number of nitrogens with zero attached hydrogens (tertiary/aromatic N) is 4. The molecule has 2 rings (SSSR count). The molecule has 0 spiro atoms. The van der Waals surface area contributed by atoms with Gasteiger partial charge >= 0.3 is 6.55 Å². The lowest BCUT2D eigenvalue weighted by Gasteiger charge is -2.08. The summed E-state index contributed by atoms with van der Waals surface area (Å²) in [5.74, 6) is 0. The molecule has 2 heterocycles. The predicted molar refractivity (Wildman–Crippen MR) is 69.2 cm³/mol. The van der Waals surface area contributed by atoms with Crippen molar-refractivity contribution in [2.24, 2.45) is 7.05 Å². The molecule has 0 fully saturated rings. The second-order valence-electron chi connectivity index (χ2n) is 4.05. The highest BCUT2D eigenvalue weighted by molar-refractivity contribution is 5.85. The summed E-state index contributed by atoms with van der Waals surface area (Å²) < 4.78 is 27.6. The van der Waals surface area contributed by atoms with Crippen molar-refractivity contribution in [3.8, 4) is 0 Å². The van der Waals surface area contributed by atoms with Crippen LogP contribution in [-0.2, 0) is 20.1 Å². The van der Waals surface area contributed by atoms with E-state index in [-0.39, 0.29) is 12.4 Å². The molecule has 2 aromatic heterocycles.